The van der Waals surface area contributed by atoms with E-state index in [1.165, 1.54) is 0 Å². The van der Waals surface area contributed by atoms with Crippen molar-refractivity contribution >= 4 is 17.2 Å². The van der Waals surface area contributed by atoms with Crippen molar-refractivity contribution in [3.8, 4) is 5.75 Å². The van der Waals surface area contributed by atoms with Crippen LogP contribution in [0.2, 0.25) is 0 Å². The van der Waals surface area contributed by atoms with E-state index in [-0.39, 0.29) is 0 Å². The highest BCUT2D eigenvalue weighted by atomic mass is 32.1. The molecule has 0 aliphatic rings. The van der Waals surface area contributed by atoms with Gasteiger partial charge in [-0.25, -0.2) is 4.98 Å². The van der Waals surface area contributed by atoms with Gasteiger partial charge in [-0.15, -0.1) is 0 Å². The molecule has 2 rings (SSSR count). The molecule has 1 aromatic carbocycles. The Hall–Kier alpha value is -1.88. The van der Waals surface area contributed by atoms with Gasteiger partial charge in [-0.3, -0.25) is 0 Å². The fourth-order valence-electron chi connectivity index (χ4n) is 1.76. The first-order valence-electron chi connectivity index (χ1n) is 6.16. The number of hydrogen-bond acceptors (Lipinski definition) is 3. The minimum absolute atomic E-state index is 0.392. The summed E-state index contributed by atoms with van der Waals surface area (Å²) in [6, 6.07) is 5.78. The lowest BCUT2D eigenvalue weighted by atomic mass is 10.1. The third-order valence-electron chi connectivity index (χ3n) is 2.85. The second-order valence-corrected chi connectivity index (χ2v) is 4.79. The Bertz CT molecular complexity index is 552. The van der Waals surface area contributed by atoms with Crippen molar-refractivity contribution in [1.82, 2.24) is 9.55 Å². The number of thiocarbonyl (C=S) groups is 1. The van der Waals surface area contributed by atoms with Gasteiger partial charge in [-0.05, 0) is 25.0 Å². The number of nitrogens with zero attached hydrogens (tertiary/aromatic N) is 2. The molecule has 1 heterocycles. The summed E-state index contributed by atoms with van der Waals surface area (Å²) >= 11 is 4.97. The first-order valence-corrected chi connectivity index (χ1v) is 6.56. The normalized spacial score (nSPS) is 10.4. The molecule has 5 heteroatoms. The topological polar surface area (TPSA) is 53.1 Å². The van der Waals surface area contributed by atoms with Crippen LogP contribution in [0.25, 0.3) is 0 Å². The maximum atomic E-state index is 5.78. The SMILES string of the molecule is Cc1ccc(C(N)=S)cc1OCCCn1ccnc1. The average Bonchev–Trinajstić information content (AvgIpc) is 2.89. The summed E-state index contributed by atoms with van der Waals surface area (Å²) in [6.07, 6.45) is 6.45. The van der Waals surface area contributed by atoms with Gasteiger partial charge in [0.25, 0.3) is 0 Å². The molecule has 0 bridgehead atoms. The quantitative estimate of drug-likeness (QED) is 0.649. The zero-order valence-corrected chi connectivity index (χ0v) is 11.7. The van der Waals surface area contributed by atoms with Crippen molar-refractivity contribution in [2.24, 2.45) is 5.73 Å². The van der Waals surface area contributed by atoms with E-state index in [1.807, 2.05) is 35.9 Å². The van der Waals surface area contributed by atoms with Gasteiger partial charge in [0, 0.05) is 24.5 Å². The summed E-state index contributed by atoms with van der Waals surface area (Å²) in [4.78, 5) is 4.39. The van der Waals surface area contributed by atoms with Crippen molar-refractivity contribution in [2.45, 2.75) is 19.9 Å². The summed E-state index contributed by atoms with van der Waals surface area (Å²) < 4.78 is 7.81. The van der Waals surface area contributed by atoms with E-state index in [9.17, 15) is 0 Å². The molecular formula is C14H17N3OS. The van der Waals surface area contributed by atoms with Crippen molar-refractivity contribution in [2.75, 3.05) is 6.61 Å². The molecule has 2 aromatic rings. The van der Waals surface area contributed by atoms with Crippen LogP contribution < -0.4 is 10.5 Å². The second-order valence-electron chi connectivity index (χ2n) is 4.35. The number of aryl methyl sites for hydroxylation is 2. The molecule has 1 aromatic heterocycles. The lowest BCUT2D eigenvalue weighted by molar-refractivity contribution is 0.300. The van der Waals surface area contributed by atoms with Gasteiger partial charge in [0.1, 0.15) is 10.7 Å². The summed E-state index contributed by atoms with van der Waals surface area (Å²) in [5.74, 6) is 0.843. The van der Waals surface area contributed by atoms with Crippen LogP contribution in [0.1, 0.15) is 17.5 Å². The zero-order chi connectivity index (χ0) is 13.7. The molecular weight excluding hydrogens is 258 g/mol. The molecule has 0 unspecified atom stereocenters. The summed E-state index contributed by atoms with van der Waals surface area (Å²) in [5.41, 5.74) is 7.54. The first kappa shape index (κ1) is 13.5. The molecule has 4 nitrogen and oxygen atoms in total. The molecule has 0 atom stereocenters. The fraction of sp³-hybridized carbons (Fsp3) is 0.286. The van der Waals surface area contributed by atoms with E-state index in [0.29, 0.717) is 11.6 Å². The predicted octanol–water partition coefficient (Wildman–Crippen LogP) is 2.29. The monoisotopic (exact) mass is 275 g/mol. The summed E-state index contributed by atoms with van der Waals surface area (Å²) in [5, 5.41) is 0. The maximum Gasteiger partial charge on any atom is 0.122 e. The Kier molecular flexibility index (Phi) is 4.52. The Labute approximate surface area is 118 Å². The zero-order valence-electron chi connectivity index (χ0n) is 10.9. The van der Waals surface area contributed by atoms with E-state index >= 15 is 0 Å². The molecule has 0 aliphatic heterocycles. The van der Waals surface area contributed by atoms with Gasteiger partial charge < -0.3 is 15.0 Å². The van der Waals surface area contributed by atoms with Gasteiger partial charge in [0.15, 0.2) is 0 Å². The Morgan fingerprint density at radius 2 is 2.32 bits per heavy atom. The molecule has 19 heavy (non-hydrogen) atoms. The Morgan fingerprint density at radius 1 is 1.47 bits per heavy atom. The minimum Gasteiger partial charge on any atom is -0.493 e. The number of hydrogen-bond donors (Lipinski definition) is 1. The predicted molar refractivity (Wildman–Crippen MR) is 79.4 cm³/mol. The van der Waals surface area contributed by atoms with Crippen molar-refractivity contribution in [3.63, 3.8) is 0 Å². The third-order valence-corrected chi connectivity index (χ3v) is 3.09. The molecule has 0 fully saturated rings. The van der Waals surface area contributed by atoms with Gasteiger partial charge >= 0.3 is 0 Å². The van der Waals surface area contributed by atoms with Crippen molar-refractivity contribution < 1.29 is 4.74 Å². The number of imidazole rings is 1. The molecule has 0 spiro atoms. The number of benzene rings is 1. The van der Waals surface area contributed by atoms with Crippen LogP contribution in [0.4, 0.5) is 0 Å². The summed E-state index contributed by atoms with van der Waals surface area (Å²) in [7, 11) is 0. The fourth-order valence-corrected chi connectivity index (χ4v) is 1.88. The van der Waals surface area contributed by atoms with E-state index < -0.39 is 0 Å². The lowest BCUT2D eigenvalue weighted by Crippen LogP contribution is -2.10. The van der Waals surface area contributed by atoms with Gasteiger partial charge in [-0.2, -0.15) is 0 Å². The smallest absolute Gasteiger partial charge is 0.122 e. The summed E-state index contributed by atoms with van der Waals surface area (Å²) in [6.45, 7) is 3.56. The first-order chi connectivity index (χ1) is 9.16. The van der Waals surface area contributed by atoms with Gasteiger partial charge in [-0.1, -0.05) is 24.4 Å². The molecule has 0 aliphatic carbocycles. The lowest BCUT2D eigenvalue weighted by Gasteiger charge is -2.10. The minimum atomic E-state index is 0.392. The molecule has 100 valence electrons. The van der Waals surface area contributed by atoms with E-state index in [1.54, 1.807) is 12.5 Å². The molecule has 2 N–H and O–H groups in total. The standard InChI is InChI=1S/C14H17N3OS/c1-11-3-4-12(14(15)19)9-13(11)18-8-2-6-17-7-5-16-10-17/h3-5,7,9-10H,2,6,8H2,1H3,(H2,15,19). The number of rotatable bonds is 6. The van der Waals surface area contributed by atoms with Gasteiger partial charge in [0.2, 0.25) is 0 Å². The van der Waals surface area contributed by atoms with E-state index in [4.69, 9.17) is 22.7 Å². The van der Waals surface area contributed by atoms with Crippen LogP contribution >= 0.6 is 12.2 Å². The number of nitrogens with two attached hydrogens (primary N) is 1. The highest BCUT2D eigenvalue weighted by molar-refractivity contribution is 7.80. The molecule has 0 saturated carbocycles. The van der Waals surface area contributed by atoms with Crippen LogP contribution in [0.3, 0.4) is 0 Å². The molecule has 0 amide bonds. The van der Waals surface area contributed by atoms with Crippen molar-refractivity contribution in [3.05, 3.63) is 48.0 Å². The molecule has 0 saturated heterocycles. The third kappa shape index (κ3) is 3.79. The molecule has 0 radical (unpaired) electrons. The largest absolute Gasteiger partial charge is 0.493 e. The van der Waals surface area contributed by atoms with Crippen LogP contribution in [0, 0.1) is 6.92 Å². The number of aromatic nitrogens is 2. The van der Waals surface area contributed by atoms with E-state index in [2.05, 4.69) is 4.98 Å². The Balaban J connectivity index is 1.88. The average molecular weight is 275 g/mol. The Morgan fingerprint density at radius 3 is 3.00 bits per heavy atom. The van der Waals surface area contributed by atoms with Crippen LogP contribution in [0.15, 0.2) is 36.9 Å². The van der Waals surface area contributed by atoms with Crippen molar-refractivity contribution in [1.29, 1.82) is 0 Å². The van der Waals surface area contributed by atoms with Crippen LogP contribution in [0.5, 0.6) is 5.75 Å². The van der Waals surface area contributed by atoms with Crippen LogP contribution in [-0.2, 0) is 6.54 Å². The van der Waals surface area contributed by atoms with E-state index in [0.717, 1.165) is 29.8 Å². The highest BCUT2D eigenvalue weighted by Gasteiger charge is 2.03. The highest BCUT2D eigenvalue weighted by Crippen LogP contribution is 2.19. The van der Waals surface area contributed by atoms with Crippen LogP contribution in [-0.4, -0.2) is 21.1 Å². The maximum absolute atomic E-state index is 5.78. The number of ether oxygens (including phenoxy) is 1. The van der Waals surface area contributed by atoms with Gasteiger partial charge in [0.05, 0.1) is 12.9 Å². The second kappa shape index (κ2) is 6.33.